The van der Waals surface area contributed by atoms with Crippen LogP contribution in [0.25, 0.3) is 0 Å². The van der Waals surface area contributed by atoms with Crippen molar-refractivity contribution in [3.05, 3.63) is 47.8 Å². The van der Waals surface area contributed by atoms with Crippen LogP contribution in [0.4, 0.5) is 10.5 Å². The van der Waals surface area contributed by atoms with Gasteiger partial charge in [-0.1, -0.05) is 12.1 Å². The smallest absolute Gasteiger partial charge is 0.321 e. The van der Waals surface area contributed by atoms with Crippen molar-refractivity contribution in [3.8, 4) is 0 Å². The van der Waals surface area contributed by atoms with Crippen LogP contribution in [0.3, 0.4) is 0 Å². The number of nitrogens with one attached hydrogen (secondary N) is 1. The molecule has 2 heterocycles. The third-order valence-electron chi connectivity index (χ3n) is 4.02. The van der Waals surface area contributed by atoms with Crippen molar-refractivity contribution in [1.29, 1.82) is 0 Å². The first kappa shape index (κ1) is 16.9. The Morgan fingerprint density at radius 1 is 1.33 bits per heavy atom. The molecule has 0 bridgehead atoms. The molecule has 0 atom stereocenters. The van der Waals surface area contributed by atoms with E-state index in [0.29, 0.717) is 0 Å². The summed E-state index contributed by atoms with van der Waals surface area (Å²) in [5.41, 5.74) is 3.14. The van der Waals surface area contributed by atoms with Gasteiger partial charge in [-0.15, -0.1) is 0 Å². The van der Waals surface area contributed by atoms with Gasteiger partial charge in [-0.3, -0.25) is 4.68 Å². The highest BCUT2D eigenvalue weighted by Gasteiger charge is 2.29. The summed E-state index contributed by atoms with van der Waals surface area (Å²) < 4.78 is 2.04. The second-order valence-electron chi connectivity index (χ2n) is 6.87. The molecule has 6 heteroatoms. The lowest BCUT2D eigenvalue weighted by molar-refractivity contribution is 0.208. The minimum absolute atomic E-state index is 0.0150. The van der Waals surface area contributed by atoms with Crippen LogP contribution in [-0.4, -0.2) is 44.3 Å². The standard InChI is InChI=1S/C18H24N4OS/c1-14-10-19-22(11-14)12-15-4-6-16(7-5-15)20-17(23)21-8-9-24-18(2,3)13-21/h4-7,10-11H,8-9,12-13H2,1-3H3,(H,20,23). The van der Waals surface area contributed by atoms with E-state index in [-0.39, 0.29) is 10.8 Å². The third-order valence-corrected chi connectivity index (χ3v) is 5.32. The van der Waals surface area contributed by atoms with E-state index in [1.807, 2.05) is 64.9 Å². The fourth-order valence-corrected chi connectivity index (χ4v) is 3.94. The first-order valence-corrected chi connectivity index (χ1v) is 9.18. The Morgan fingerprint density at radius 2 is 2.08 bits per heavy atom. The predicted molar refractivity (Wildman–Crippen MR) is 99.6 cm³/mol. The number of amides is 2. The summed E-state index contributed by atoms with van der Waals surface area (Å²) in [7, 11) is 0. The molecule has 3 rings (SSSR count). The average molecular weight is 344 g/mol. The number of urea groups is 1. The quantitative estimate of drug-likeness (QED) is 0.925. The van der Waals surface area contributed by atoms with Gasteiger partial charge in [0.15, 0.2) is 0 Å². The number of anilines is 1. The molecule has 1 saturated heterocycles. The minimum atomic E-state index is -0.0150. The van der Waals surface area contributed by atoms with Gasteiger partial charge < -0.3 is 10.2 Å². The fraction of sp³-hybridized carbons (Fsp3) is 0.444. The number of thioether (sulfide) groups is 1. The van der Waals surface area contributed by atoms with Gasteiger partial charge in [-0.05, 0) is 44.0 Å². The first-order chi connectivity index (χ1) is 11.4. The van der Waals surface area contributed by atoms with E-state index in [0.717, 1.165) is 42.2 Å². The van der Waals surface area contributed by atoms with Gasteiger partial charge in [-0.25, -0.2) is 4.79 Å². The van der Waals surface area contributed by atoms with Crippen molar-refractivity contribution in [2.24, 2.45) is 0 Å². The predicted octanol–water partition coefficient (Wildman–Crippen LogP) is 3.60. The molecule has 1 aromatic carbocycles. The van der Waals surface area contributed by atoms with Crippen molar-refractivity contribution in [2.45, 2.75) is 32.1 Å². The molecule has 1 N–H and O–H groups in total. The van der Waals surface area contributed by atoms with Crippen LogP contribution in [0.5, 0.6) is 0 Å². The summed E-state index contributed by atoms with van der Waals surface area (Å²) in [6.45, 7) is 8.71. The van der Waals surface area contributed by atoms with Crippen LogP contribution in [-0.2, 0) is 6.54 Å². The van der Waals surface area contributed by atoms with Gasteiger partial charge in [-0.2, -0.15) is 16.9 Å². The van der Waals surface area contributed by atoms with Gasteiger partial charge in [0.1, 0.15) is 0 Å². The Bertz CT molecular complexity index is 708. The van der Waals surface area contributed by atoms with Crippen LogP contribution < -0.4 is 5.32 Å². The highest BCUT2D eigenvalue weighted by molar-refractivity contribution is 8.00. The third kappa shape index (κ3) is 4.32. The molecule has 24 heavy (non-hydrogen) atoms. The number of hydrogen-bond acceptors (Lipinski definition) is 3. The Hall–Kier alpha value is -1.95. The zero-order valence-corrected chi connectivity index (χ0v) is 15.3. The number of carbonyl (C=O) groups excluding carboxylic acids is 1. The summed E-state index contributed by atoms with van der Waals surface area (Å²) in [5, 5.41) is 7.29. The van der Waals surface area contributed by atoms with Crippen molar-refractivity contribution in [1.82, 2.24) is 14.7 Å². The number of aryl methyl sites for hydroxylation is 1. The van der Waals surface area contributed by atoms with Gasteiger partial charge >= 0.3 is 6.03 Å². The maximum Gasteiger partial charge on any atom is 0.321 e. The lowest BCUT2D eigenvalue weighted by Crippen LogP contribution is -2.47. The fourth-order valence-electron chi connectivity index (χ4n) is 2.83. The van der Waals surface area contributed by atoms with Crippen LogP contribution in [0.15, 0.2) is 36.7 Å². The van der Waals surface area contributed by atoms with E-state index in [9.17, 15) is 4.79 Å². The molecule has 0 radical (unpaired) electrons. The molecule has 0 spiro atoms. The van der Waals surface area contributed by atoms with E-state index in [4.69, 9.17) is 0 Å². The van der Waals surface area contributed by atoms with E-state index in [2.05, 4.69) is 24.3 Å². The molecular formula is C18H24N4OS. The highest BCUT2D eigenvalue weighted by Crippen LogP contribution is 2.29. The monoisotopic (exact) mass is 344 g/mol. The second-order valence-corrected chi connectivity index (χ2v) is 8.67. The molecule has 2 aromatic rings. The normalized spacial score (nSPS) is 16.9. The summed E-state index contributed by atoms with van der Waals surface area (Å²) in [6.07, 6.45) is 3.87. The molecule has 0 saturated carbocycles. The maximum absolute atomic E-state index is 12.4. The largest absolute Gasteiger partial charge is 0.322 e. The van der Waals surface area contributed by atoms with Crippen molar-refractivity contribution in [3.63, 3.8) is 0 Å². The molecule has 2 amide bonds. The Kier molecular flexibility index (Phi) is 4.85. The number of benzene rings is 1. The molecule has 128 valence electrons. The Labute approximate surface area is 147 Å². The molecule has 1 aliphatic heterocycles. The first-order valence-electron chi connectivity index (χ1n) is 8.19. The van der Waals surface area contributed by atoms with E-state index >= 15 is 0 Å². The van der Waals surface area contributed by atoms with Crippen LogP contribution >= 0.6 is 11.8 Å². The summed E-state index contributed by atoms with van der Waals surface area (Å²) in [6, 6.07) is 7.95. The summed E-state index contributed by atoms with van der Waals surface area (Å²) in [5.74, 6) is 0.989. The number of rotatable bonds is 3. The molecule has 1 aliphatic rings. The van der Waals surface area contributed by atoms with Gasteiger partial charge in [0, 0.05) is 35.5 Å². The molecule has 0 unspecified atom stereocenters. The molecule has 1 fully saturated rings. The zero-order valence-electron chi connectivity index (χ0n) is 14.5. The van der Waals surface area contributed by atoms with Gasteiger partial charge in [0.25, 0.3) is 0 Å². The molecule has 1 aromatic heterocycles. The van der Waals surface area contributed by atoms with Crippen molar-refractivity contribution in [2.75, 3.05) is 24.2 Å². The topological polar surface area (TPSA) is 50.2 Å². The average Bonchev–Trinajstić information content (AvgIpc) is 2.93. The van der Waals surface area contributed by atoms with Crippen molar-refractivity contribution < 1.29 is 4.79 Å². The Morgan fingerprint density at radius 3 is 2.71 bits per heavy atom. The number of nitrogens with zero attached hydrogens (tertiary/aromatic N) is 3. The van der Waals surface area contributed by atoms with Gasteiger partial charge in [0.2, 0.25) is 0 Å². The van der Waals surface area contributed by atoms with Gasteiger partial charge in [0.05, 0.1) is 12.7 Å². The SMILES string of the molecule is Cc1cnn(Cc2ccc(NC(=O)N3CCSC(C)(C)C3)cc2)c1. The summed E-state index contributed by atoms with van der Waals surface area (Å²) >= 11 is 1.92. The maximum atomic E-state index is 12.4. The lowest BCUT2D eigenvalue weighted by Gasteiger charge is -2.37. The van der Waals surface area contributed by atoms with E-state index < -0.39 is 0 Å². The highest BCUT2D eigenvalue weighted by atomic mass is 32.2. The molecular weight excluding hydrogens is 320 g/mol. The number of hydrogen-bond donors (Lipinski definition) is 1. The van der Waals surface area contributed by atoms with Crippen molar-refractivity contribution >= 4 is 23.5 Å². The van der Waals surface area contributed by atoms with Crippen LogP contribution in [0.2, 0.25) is 0 Å². The second kappa shape index (κ2) is 6.89. The van der Waals surface area contributed by atoms with E-state index in [1.165, 1.54) is 0 Å². The Balaban J connectivity index is 1.58. The minimum Gasteiger partial charge on any atom is -0.322 e. The number of aromatic nitrogens is 2. The van der Waals surface area contributed by atoms with Crippen LogP contribution in [0.1, 0.15) is 25.0 Å². The molecule has 0 aliphatic carbocycles. The summed E-state index contributed by atoms with van der Waals surface area (Å²) in [4.78, 5) is 14.3. The van der Waals surface area contributed by atoms with Crippen LogP contribution in [0, 0.1) is 6.92 Å². The lowest BCUT2D eigenvalue weighted by atomic mass is 10.2. The molecule has 5 nitrogen and oxygen atoms in total. The number of carbonyl (C=O) groups is 1. The van der Waals surface area contributed by atoms with E-state index in [1.54, 1.807) is 0 Å². The zero-order chi connectivity index (χ0) is 17.2.